The fraction of sp³-hybridized carbons (Fsp3) is 0.571. The third kappa shape index (κ3) is 3.26. The normalized spacial score (nSPS) is 25.3. The van der Waals surface area contributed by atoms with Gasteiger partial charge in [0.05, 0.1) is 10.6 Å². The predicted octanol–water partition coefficient (Wildman–Crippen LogP) is 4.59. The number of benzene rings is 1. The Morgan fingerprint density at radius 2 is 2.11 bits per heavy atom. The van der Waals surface area contributed by atoms with Gasteiger partial charge in [-0.05, 0) is 46.2 Å². The quantitative estimate of drug-likeness (QED) is 0.652. The molecule has 0 saturated heterocycles. The summed E-state index contributed by atoms with van der Waals surface area (Å²) in [5, 5.41) is 14.3. The fourth-order valence-corrected chi connectivity index (χ4v) is 3.39. The minimum atomic E-state index is -0.361. The number of nitro benzene ring substituents is 1. The van der Waals surface area contributed by atoms with E-state index in [1.807, 2.05) is 0 Å². The maximum atomic E-state index is 10.8. The lowest BCUT2D eigenvalue weighted by atomic mass is 9.91. The first-order chi connectivity index (χ1) is 8.78. The van der Waals surface area contributed by atoms with Crippen LogP contribution < -0.4 is 5.32 Å². The highest BCUT2D eigenvalue weighted by molar-refractivity contribution is 9.10. The molecule has 0 amide bonds. The van der Waals surface area contributed by atoms with Gasteiger partial charge in [-0.3, -0.25) is 10.1 Å². The van der Waals surface area contributed by atoms with E-state index in [9.17, 15) is 10.1 Å². The summed E-state index contributed by atoms with van der Waals surface area (Å²) in [6.07, 6.45) is 2.26. The summed E-state index contributed by atoms with van der Waals surface area (Å²) in [7, 11) is 0. The zero-order valence-corrected chi connectivity index (χ0v) is 13.0. The van der Waals surface area contributed by atoms with Gasteiger partial charge < -0.3 is 5.32 Å². The summed E-state index contributed by atoms with van der Waals surface area (Å²) < 4.78 is 0.870. The van der Waals surface area contributed by atoms with Crippen molar-refractivity contribution < 1.29 is 4.92 Å². The standard InChI is InChI=1S/C14H19BrN2O2/c1-9-7-14(2,3)8-13(9)16-12-6-10(17(18)19)4-5-11(12)15/h4-6,9,13,16H,7-8H2,1-3H3. The van der Waals surface area contributed by atoms with Gasteiger partial charge in [0.25, 0.3) is 5.69 Å². The van der Waals surface area contributed by atoms with Crippen molar-refractivity contribution >= 4 is 27.3 Å². The molecule has 2 unspecified atom stereocenters. The van der Waals surface area contributed by atoms with E-state index < -0.39 is 0 Å². The highest BCUT2D eigenvalue weighted by Gasteiger charge is 2.36. The van der Waals surface area contributed by atoms with Crippen LogP contribution in [-0.4, -0.2) is 11.0 Å². The van der Waals surface area contributed by atoms with Gasteiger partial charge in [0.15, 0.2) is 0 Å². The summed E-state index contributed by atoms with van der Waals surface area (Å²) >= 11 is 3.45. The number of halogens is 1. The van der Waals surface area contributed by atoms with E-state index in [1.165, 1.54) is 12.5 Å². The number of hydrogen-bond acceptors (Lipinski definition) is 3. The fourth-order valence-electron chi connectivity index (χ4n) is 3.02. The van der Waals surface area contributed by atoms with Crippen molar-refractivity contribution in [2.75, 3.05) is 5.32 Å². The molecule has 0 spiro atoms. The second kappa shape index (κ2) is 5.12. The van der Waals surface area contributed by atoms with Gasteiger partial charge in [-0.25, -0.2) is 0 Å². The van der Waals surface area contributed by atoms with Crippen molar-refractivity contribution in [1.82, 2.24) is 0 Å². The van der Waals surface area contributed by atoms with Crippen LogP contribution in [0, 0.1) is 21.4 Å². The van der Waals surface area contributed by atoms with Crippen LogP contribution >= 0.6 is 15.9 Å². The van der Waals surface area contributed by atoms with Crippen LogP contribution in [0.15, 0.2) is 22.7 Å². The minimum absolute atomic E-state index is 0.121. The highest BCUT2D eigenvalue weighted by atomic mass is 79.9. The molecule has 0 aliphatic heterocycles. The van der Waals surface area contributed by atoms with Crippen molar-refractivity contribution in [1.29, 1.82) is 0 Å². The van der Waals surface area contributed by atoms with E-state index in [1.54, 1.807) is 12.1 Å². The van der Waals surface area contributed by atoms with Crippen LogP contribution in [0.25, 0.3) is 0 Å². The number of nitro groups is 1. The Morgan fingerprint density at radius 3 is 2.63 bits per heavy atom. The van der Waals surface area contributed by atoms with E-state index in [2.05, 4.69) is 42.0 Å². The first-order valence-electron chi connectivity index (χ1n) is 6.49. The van der Waals surface area contributed by atoms with Crippen LogP contribution in [0.4, 0.5) is 11.4 Å². The minimum Gasteiger partial charge on any atom is -0.381 e. The summed E-state index contributed by atoms with van der Waals surface area (Å²) in [6.45, 7) is 6.78. The molecule has 1 saturated carbocycles. The van der Waals surface area contributed by atoms with Gasteiger partial charge in [0.1, 0.15) is 0 Å². The van der Waals surface area contributed by atoms with Gasteiger partial charge >= 0.3 is 0 Å². The molecule has 0 aromatic heterocycles. The molecular weight excluding hydrogens is 308 g/mol. The molecule has 104 valence electrons. The lowest BCUT2D eigenvalue weighted by Crippen LogP contribution is -2.22. The van der Waals surface area contributed by atoms with Gasteiger partial charge in [-0.2, -0.15) is 0 Å². The lowest BCUT2D eigenvalue weighted by Gasteiger charge is -2.20. The van der Waals surface area contributed by atoms with Gasteiger partial charge in [0.2, 0.25) is 0 Å². The Labute approximate surface area is 121 Å². The summed E-state index contributed by atoms with van der Waals surface area (Å²) in [5.74, 6) is 0.571. The average molecular weight is 327 g/mol. The van der Waals surface area contributed by atoms with Crippen molar-refractivity contribution in [3.63, 3.8) is 0 Å². The molecule has 5 heteroatoms. The molecular formula is C14H19BrN2O2. The van der Waals surface area contributed by atoms with Crippen LogP contribution in [0.1, 0.15) is 33.6 Å². The van der Waals surface area contributed by atoms with E-state index in [4.69, 9.17) is 0 Å². The molecule has 0 bridgehead atoms. The van der Waals surface area contributed by atoms with E-state index in [0.717, 1.165) is 16.6 Å². The summed E-state index contributed by atoms with van der Waals surface area (Å²) in [4.78, 5) is 10.5. The van der Waals surface area contributed by atoms with Crippen molar-refractivity contribution in [3.8, 4) is 0 Å². The number of non-ortho nitro benzene ring substituents is 1. The molecule has 4 nitrogen and oxygen atoms in total. The number of nitrogens with one attached hydrogen (secondary N) is 1. The second-order valence-electron chi connectivity index (χ2n) is 6.22. The summed E-state index contributed by atoms with van der Waals surface area (Å²) in [5.41, 5.74) is 1.27. The maximum absolute atomic E-state index is 10.8. The number of nitrogens with zero attached hydrogens (tertiary/aromatic N) is 1. The number of rotatable bonds is 3. The smallest absolute Gasteiger partial charge is 0.271 e. The van der Waals surface area contributed by atoms with Crippen molar-refractivity contribution in [3.05, 3.63) is 32.8 Å². The zero-order valence-electron chi connectivity index (χ0n) is 11.4. The first kappa shape index (κ1) is 14.3. The maximum Gasteiger partial charge on any atom is 0.271 e. The first-order valence-corrected chi connectivity index (χ1v) is 7.28. The molecule has 1 aliphatic carbocycles. The lowest BCUT2D eigenvalue weighted by molar-refractivity contribution is -0.384. The Hall–Kier alpha value is -1.10. The SMILES string of the molecule is CC1CC(C)(C)CC1Nc1cc([N+](=O)[O-])ccc1Br. The number of anilines is 1. The van der Waals surface area contributed by atoms with Crippen LogP contribution in [0.5, 0.6) is 0 Å². The molecule has 2 atom stereocenters. The third-order valence-electron chi connectivity index (χ3n) is 3.84. The van der Waals surface area contributed by atoms with Crippen LogP contribution in [0.3, 0.4) is 0 Å². The monoisotopic (exact) mass is 326 g/mol. The second-order valence-corrected chi connectivity index (χ2v) is 7.08. The Kier molecular flexibility index (Phi) is 3.85. The predicted molar refractivity (Wildman–Crippen MR) is 80.4 cm³/mol. The molecule has 19 heavy (non-hydrogen) atoms. The number of hydrogen-bond donors (Lipinski definition) is 1. The Morgan fingerprint density at radius 1 is 1.42 bits per heavy atom. The molecule has 0 radical (unpaired) electrons. The van der Waals surface area contributed by atoms with E-state index >= 15 is 0 Å². The zero-order chi connectivity index (χ0) is 14.2. The highest BCUT2D eigenvalue weighted by Crippen LogP contribution is 2.43. The van der Waals surface area contributed by atoms with E-state index in [0.29, 0.717) is 17.4 Å². The average Bonchev–Trinajstić information content (AvgIpc) is 2.54. The Balaban J connectivity index is 2.19. The van der Waals surface area contributed by atoms with Gasteiger partial charge in [0, 0.05) is 22.6 Å². The molecule has 0 heterocycles. The molecule has 1 fully saturated rings. The Bertz CT molecular complexity index is 502. The van der Waals surface area contributed by atoms with Crippen molar-refractivity contribution in [2.24, 2.45) is 11.3 Å². The van der Waals surface area contributed by atoms with Gasteiger partial charge in [-0.1, -0.05) is 20.8 Å². The largest absolute Gasteiger partial charge is 0.381 e. The van der Waals surface area contributed by atoms with Crippen LogP contribution in [-0.2, 0) is 0 Å². The topological polar surface area (TPSA) is 55.2 Å². The van der Waals surface area contributed by atoms with Crippen molar-refractivity contribution in [2.45, 2.75) is 39.7 Å². The van der Waals surface area contributed by atoms with Crippen LogP contribution in [0.2, 0.25) is 0 Å². The molecule has 1 aromatic rings. The summed E-state index contributed by atoms with van der Waals surface area (Å²) in [6, 6.07) is 5.21. The third-order valence-corrected chi connectivity index (χ3v) is 4.53. The molecule has 1 aromatic carbocycles. The molecule has 1 N–H and O–H groups in total. The van der Waals surface area contributed by atoms with E-state index in [-0.39, 0.29) is 10.6 Å². The molecule has 1 aliphatic rings. The molecule has 2 rings (SSSR count). The van der Waals surface area contributed by atoms with Gasteiger partial charge in [-0.15, -0.1) is 0 Å².